The lowest BCUT2D eigenvalue weighted by Gasteiger charge is -2.13. The molecule has 1 N–H and O–H groups in total. The van der Waals surface area contributed by atoms with Crippen LogP contribution in [-0.4, -0.2) is 16.5 Å². The number of benzene rings is 1. The van der Waals surface area contributed by atoms with Gasteiger partial charge in [-0.15, -0.1) is 0 Å². The quantitative estimate of drug-likeness (QED) is 0.708. The number of fused-ring (bicyclic) bond motifs is 1. The van der Waals surface area contributed by atoms with E-state index in [1.807, 2.05) is 24.3 Å². The molecule has 0 amide bonds. The average molecular weight is 243 g/mol. The number of rotatable bonds is 0. The number of aliphatic hydroxyl groups excluding tert-OH is 1. The maximum atomic E-state index is 9.88. The molecule has 1 aliphatic rings. The van der Waals surface area contributed by atoms with Crippen molar-refractivity contribution in [1.29, 1.82) is 0 Å². The minimum absolute atomic E-state index is 0.0937. The van der Waals surface area contributed by atoms with Gasteiger partial charge in [-0.25, -0.2) is 0 Å². The van der Waals surface area contributed by atoms with E-state index in [-0.39, 0.29) is 4.83 Å². The molecule has 3 heteroatoms. The summed E-state index contributed by atoms with van der Waals surface area (Å²) in [6, 6.07) is 7.62. The van der Waals surface area contributed by atoms with Crippen molar-refractivity contribution >= 4 is 15.9 Å². The van der Waals surface area contributed by atoms with Crippen molar-refractivity contribution < 1.29 is 9.84 Å². The lowest BCUT2D eigenvalue weighted by atomic mass is 10.1. The Kier molecular flexibility index (Phi) is 2.56. The fourth-order valence-electron chi connectivity index (χ4n) is 1.49. The van der Waals surface area contributed by atoms with E-state index in [0.717, 1.165) is 17.7 Å². The van der Waals surface area contributed by atoms with Gasteiger partial charge in [0.1, 0.15) is 5.75 Å². The number of para-hydroxylation sites is 1. The second-order valence-electron chi connectivity index (χ2n) is 3.14. The maximum Gasteiger partial charge on any atom is 0.125 e. The van der Waals surface area contributed by atoms with Crippen molar-refractivity contribution in [1.82, 2.24) is 0 Å². The molecule has 0 fully saturated rings. The highest BCUT2D eigenvalue weighted by atomic mass is 79.9. The Labute approximate surface area is 85.7 Å². The highest BCUT2D eigenvalue weighted by molar-refractivity contribution is 9.09. The second-order valence-corrected chi connectivity index (χ2v) is 4.31. The first-order valence-electron chi connectivity index (χ1n) is 4.33. The Balaban J connectivity index is 2.40. The standard InChI is InChI=1S/C10H11BrO2/c11-8-5-6-13-9-4-2-1-3-7(9)10(8)12/h1-4,8,10,12H,5-6H2/t8-,10-/m1/s1. The summed E-state index contributed by atoms with van der Waals surface area (Å²) in [5.74, 6) is 0.803. The summed E-state index contributed by atoms with van der Waals surface area (Å²) < 4.78 is 5.50. The third-order valence-corrected chi connectivity index (χ3v) is 3.19. The molecule has 0 saturated heterocycles. The SMILES string of the molecule is O[C@@H]1c2ccccc2OCC[C@H]1Br. The van der Waals surface area contributed by atoms with E-state index in [9.17, 15) is 5.11 Å². The van der Waals surface area contributed by atoms with Crippen LogP contribution >= 0.6 is 15.9 Å². The van der Waals surface area contributed by atoms with Crippen LogP contribution < -0.4 is 4.74 Å². The Bertz CT molecular complexity index is 301. The first-order chi connectivity index (χ1) is 6.29. The Morgan fingerprint density at radius 1 is 1.38 bits per heavy atom. The lowest BCUT2D eigenvalue weighted by Crippen LogP contribution is -2.10. The van der Waals surface area contributed by atoms with Crippen molar-refractivity contribution in [3.05, 3.63) is 29.8 Å². The number of aliphatic hydroxyl groups is 1. The molecule has 70 valence electrons. The van der Waals surface area contributed by atoms with Gasteiger partial charge in [0, 0.05) is 10.4 Å². The minimum atomic E-state index is -0.460. The van der Waals surface area contributed by atoms with Gasteiger partial charge < -0.3 is 9.84 Å². The van der Waals surface area contributed by atoms with Gasteiger partial charge in [0.05, 0.1) is 12.7 Å². The lowest BCUT2D eigenvalue weighted by molar-refractivity contribution is 0.176. The van der Waals surface area contributed by atoms with Gasteiger partial charge >= 0.3 is 0 Å². The van der Waals surface area contributed by atoms with Gasteiger partial charge in [0.2, 0.25) is 0 Å². The van der Waals surface area contributed by atoms with E-state index in [1.165, 1.54) is 0 Å². The van der Waals surface area contributed by atoms with Gasteiger partial charge in [0.15, 0.2) is 0 Å². The predicted molar refractivity (Wildman–Crippen MR) is 54.2 cm³/mol. The third kappa shape index (κ3) is 1.71. The molecular weight excluding hydrogens is 232 g/mol. The van der Waals surface area contributed by atoms with E-state index in [0.29, 0.717) is 6.61 Å². The summed E-state index contributed by atoms with van der Waals surface area (Å²) in [5, 5.41) is 9.88. The first-order valence-corrected chi connectivity index (χ1v) is 5.24. The zero-order valence-corrected chi connectivity index (χ0v) is 8.70. The molecule has 0 bridgehead atoms. The molecule has 2 atom stereocenters. The van der Waals surface area contributed by atoms with Crippen LogP contribution in [0, 0.1) is 0 Å². The molecule has 0 radical (unpaired) electrons. The average Bonchev–Trinajstić information content (AvgIpc) is 2.29. The monoisotopic (exact) mass is 242 g/mol. The van der Waals surface area contributed by atoms with Crippen LogP contribution in [0.15, 0.2) is 24.3 Å². The van der Waals surface area contributed by atoms with Crippen molar-refractivity contribution in [2.45, 2.75) is 17.4 Å². The van der Waals surface area contributed by atoms with E-state index in [4.69, 9.17) is 4.74 Å². The fourth-order valence-corrected chi connectivity index (χ4v) is 1.96. The second kappa shape index (κ2) is 3.68. The summed E-state index contributed by atoms with van der Waals surface area (Å²) in [6.45, 7) is 0.657. The molecule has 0 spiro atoms. The highest BCUT2D eigenvalue weighted by Gasteiger charge is 2.24. The molecule has 2 nitrogen and oxygen atoms in total. The van der Waals surface area contributed by atoms with Crippen LogP contribution in [0.2, 0.25) is 0 Å². The summed E-state index contributed by atoms with van der Waals surface area (Å²) in [6.07, 6.45) is 0.370. The van der Waals surface area contributed by atoms with Crippen LogP contribution in [0.3, 0.4) is 0 Å². The Morgan fingerprint density at radius 3 is 3.00 bits per heavy atom. The summed E-state index contributed by atoms with van der Waals surface area (Å²) >= 11 is 3.44. The first kappa shape index (κ1) is 9.03. The maximum absolute atomic E-state index is 9.88. The summed E-state index contributed by atoms with van der Waals surface area (Å²) in [4.78, 5) is 0.0937. The molecule has 1 aliphatic heterocycles. The number of halogens is 1. The van der Waals surface area contributed by atoms with E-state index < -0.39 is 6.10 Å². The third-order valence-electron chi connectivity index (χ3n) is 2.23. The number of hydrogen-bond donors (Lipinski definition) is 1. The zero-order chi connectivity index (χ0) is 9.26. The minimum Gasteiger partial charge on any atom is -0.493 e. The van der Waals surface area contributed by atoms with Crippen LogP contribution in [-0.2, 0) is 0 Å². The van der Waals surface area contributed by atoms with Gasteiger partial charge in [-0.05, 0) is 12.5 Å². The highest BCUT2D eigenvalue weighted by Crippen LogP contribution is 2.34. The number of alkyl halides is 1. The van der Waals surface area contributed by atoms with Crippen LogP contribution in [0.25, 0.3) is 0 Å². The topological polar surface area (TPSA) is 29.5 Å². The van der Waals surface area contributed by atoms with E-state index >= 15 is 0 Å². The smallest absolute Gasteiger partial charge is 0.125 e. The van der Waals surface area contributed by atoms with Gasteiger partial charge in [-0.3, -0.25) is 0 Å². The molecule has 0 aromatic heterocycles. The van der Waals surface area contributed by atoms with Crippen LogP contribution in [0.5, 0.6) is 5.75 Å². The Hall–Kier alpha value is -0.540. The molecular formula is C10H11BrO2. The van der Waals surface area contributed by atoms with Crippen molar-refractivity contribution in [3.8, 4) is 5.75 Å². The zero-order valence-electron chi connectivity index (χ0n) is 7.11. The molecule has 0 unspecified atom stereocenters. The summed E-state index contributed by atoms with van der Waals surface area (Å²) in [7, 11) is 0. The predicted octanol–water partition coefficient (Wildman–Crippen LogP) is 2.27. The van der Waals surface area contributed by atoms with E-state index in [1.54, 1.807) is 0 Å². The van der Waals surface area contributed by atoms with Crippen LogP contribution in [0.4, 0.5) is 0 Å². The van der Waals surface area contributed by atoms with Gasteiger partial charge in [-0.2, -0.15) is 0 Å². The normalized spacial score (nSPS) is 27.2. The van der Waals surface area contributed by atoms with Gasteiger partial charge in [0.25, 0.3) is 0 Å². The largest absolute Gasteiger partial charge is 0.493 e. The van der Waals surface area contributed by atoms with E-state index in [2.05, 4.69) is 15.9 Å². The Morgan fingerprint density at radius 2 is 2.15 bits per heavy atom. The fraction of sp³-hybridized carbons (Fsp3) is 0.400. The summed E-state index contributed by atoms with van der Waals surface area (Å²) in [5.41, 5.74) is 0.877. The van der Waals surface area contributed by atoms with Crippen LogP contribution in [0.1, 0.15) is 18.1 Å². The number of ether oxygens (including phenoxy) is 1. The van der Waals surface area contributed by atoms with Crippen molar-refractivity contribution in [2.75, 3.05) is 6.61 Å². The number of hydrogen-bond acceptors (Lipinski definition) is 2. The molecule has 0 aliphatic carbocycles. The molecule has 1 aromatic rings. The molecule has 1 aromatic carbocycles. The van der Waals surface area contributed by atoms with Crippen molar-refractivity contribution in [2.24, 2.45) is 0 Å². The van der Waals surface area contributed by atoms with Crippen molar-refractivity contribution in [3.63, 3.8) is 0 Å². The molecule has 1 heterocycles. The molecule has 0 saturated carbocycles. The molecule has 13 heavy (non-hydrogen) atoms. The molecule has 2 rings (SSSR count). The van der Waals surface area contributed by atoms with Gasteiger partial charge in [-0.1, -0.05) is 34.1 Å².